The number of imidazole rings is 1. The Bertz CT molecular complexity index is 1550. The smallest absolute Gasteiger partial charge is 0.191 e. The van der Waals surface area contributed by atoms with Crippen LogP contribution in [0.1, 0.15) is 57.6 Å². The summed E-state index contributed by atoms with van der Waals surface area (Å²) in [4.78, 5) is 4.68. The van der Waals surface area contributed by atoms with Crippen molar-refractivity contribution in [3.63, 3.8) is 0 Å². The van der Waals surface area contributed by atoms with Crippen LogP contribution in [0.4, 0.5) is 17.6 Å². The van der Waals surface area contributed by atoms with Crippen LogP contribution in [0.3, 0.4) is 0 Å². The van der Waals surface area contributed by atoms with Gasteiger partial charge in [-0.05, 0) is 69.0 Å². The Kier molecular flexibility index (Phi) is 7.30. The number of halogens is 5. The van der Waals surface area contributed by atoms with Crippen LogP contribution in [-0.4, -0.2) is 15.2 Å². The number of nitriles is 1. The molecule has 1 saturated carbocycles. The summed E-state index contributed by atoms with van der Waals surface area (Å²) in [6.07, 6.45) is 4.56. The third-order valence-electron chi connectivity index (χ3n) is 7.41. The van der Waals surface area contributed by atoms with E-state index in [1.165, 1.54) is 0 Å². The van der Waals surface area contributed by atoms with Crippen molar-refractivity contribution in [2.75, 3.05) is 0 Å². The first-order valence-corrected chi connectivity index (χ1v) is 13.2. The molecule has 1 unspecified atom stereocenters. The Hall–Kier alpha value is -3.57. The maximum absolute atomic E-state index is 15.0. The van der Waals surface area contributed by atoms with E-state index >= 15 is 0 Å². The first-order valence-electron chi connectivity index (χ1n) is 12.8. The summed E-state index contributed by atoms with van der Waals surface area (Å²) in [5.41, 5.74) is -0.179. The number of aromatic nitrogens is 2. The maximum Gasteiger partial charge on any atom is 0.191 e. The largest absolute Gasteiger partial charge is 0.480 e. The van der Waals surface area contributed by atoms with Crippen molar-refractivity contribution in [2.45, 2.75) is 57.6 Å². The van der Waals surface area contributed by atoms with Gasteiger partial charge in [-0.15, -0.1) is 0 Å². The topological polar surface area (TPSA) is 50.8 Å². The van der Waals surface area contributed by atoms with Gasteiger partial charge in [0.15, 0.2) is 29.0 Å². The number of benzene rings is 3. The summed E-state index contributed by atoms with van der Waals surface area (Å²) in [5.74, 6) is -4.24. The monoisotopic (exact) mass is 555 g/mol. The number of hydrogen-bond donors (Lipinski definition) is 0. The van der Waals surface area contributed by atoms with E-state index in [1.54, 1.807) is 44.2 Å². The minimum absolute atomic E-state index is 0.0187. The lowest BCUT2D eigenvalue weighted by Crippen LogP contribution is -2.44. The van der Waals surface area contributed by atoms with Gasteiger partial charge in [0.2, 0.25) is 0 Å². The quantitative estimate of drug-likeness (QED) is 0.223. The Morgan fingerprint density at radius 2 is 1.56 bits per heavy atom. The minimum atomic E-state index is -1.25. The number of fused-ring (bicyclic) bond motifs is 1. The van der Waals surface area contributed by atoms with Gasteiger partial charge in [0.05, 0.1) is 28.7 Å². The second kappa shape index (κ2) is 10.5. The van der Waals surface area contributed by atoms with E-state index in [9.17, 15) is 17.6 Å². The fraction of sp³-hybridized carbons (Fsp3) is 0.333. The summed E-state index contributed by atoms with van der Waals surface area (Å²) in [5, 5.41) is 9.60. The Labute approximate surface area is 228 Å². The average Bonchev–Trinajstić information content (AvgIpc) is 3.24. The van der Waals surface area contributed by atoms with Gasteiger partial charge in [-0.2, -0.15) is 5.26 Å². The summed E-state index contributed by atoms with van der Waals surface area (Å²) in [6.45, 7) is 3.45. The van der Waals surface area contributed by atoms with Gasteiger partial charge in [0.25, 0.3) is 0 Å². The molecule has 1 aliphatic rings. The van der Waals surface area contributed by atoms with Crippen molar-refractivity contribution in [1.82, 2.24) is 9.55 Å². The first kappa shape index (κ1) is 27.0. The van der Waals surface area contributed by atoms with Crippen molar-refractivity contribution in [1.29, 1.82) is 5.26 Å². The third-order valence-corrected chi connectivity index (χ3v) is 7.67. The van der Waals surface area contributed by atoms with Gasteiger partial charge in [0.1, 0.15) is 11.4 Å². The molecule has 1 atom stereocenters. The average molecular weight is 556 g/mol. The van der Waals surface area contributed by atoms with Crippen LogP contribution in [0.5, 0.6) is 5.75 Å². The van der Waals surface area contributed by atoms with E-state index in [-0.39, 0.29) is 17.0 Å². The van der Waals surface area contributed by atoms with E-state index in [4.69, 9.17) is 21.6 Å². The molecule has 0 aliphatic heterocycles. The van der Waals surface area contributed by atoms with Gasteiger partial charge in [0, 0.05) is 22.7 Å². The molecule has 202 valence electrons. The van der Waals surface area contributed by atoms with E-state index in [2.05, 4.69) is 4.98 Å². The molecule has 39 heavy (non-hydrogen) atoms. The lowest BCUT2D eigenvalue weighted by Gasteiger charge is -2.43. The predicted molar refractivity (Wildman–Crippen MR) is 141 cm³/mol. The van der Waals surface area contributed by atoms with Crippen molar-refractivity contribution in [3.8, 4) is 23.2 Å². The molecule has 0 radical (unpaired) electrons. The molecule has 5 rings (SSSR count). The van der Waals surface area contributed by atoms with Gasteiger partial charge < -0.3 is 9.30 Å². The molecular formula is C30H26ClF4N3O. The maximum atomic E-state index is 15.0. The van der Waals surface area contributed by atoms with Crippen LogP contribution in [0, 0.1) is 40.5 Å². The highest BCUT2D eigenvalue weighted by atomic mass is 35.5. The van der Waals surface area contributed by atoms with Crippen LogP contribution in [0.15, 0.2) is 48.5 Å². The number of ether oxygens (including phenoxy) is 1. The Morgan fingerprint density at radius 3 is 2.18 bits per heavy atom. The summed E-state index contributed by atoms with van der Waals surface area (Å²) < 4.78 is 66.8. The molecule has 0 N–H and O–H groups in total. The zero-order chi connectivity index (χ0) is 27.9. The van der Waals surface area contributed by atoms with Gasteiger partial charge in [-0.1, -0.05) is 30.9 Å². The summed E-state index contributed by atoms with van der Waals surface area (Å²) in [6, 6.07) is 12.1. The molecule has 3 aromatic carbocycles. The van der Waals surface area contributed by atoms with E-state index in [0.717, 1.165) is 56.4 Å². The van der Waals surface area contributed by atoms with Gasteiger partial charge in [-0.3, -0.25) is 0 Å². The lowest BCUT2D eigenvalue weighted by atomic mass is 9.77. The summed E-state index contributed by atoms with van der Waals surface area (Å²) in [7, 11) is 0. The van der Waals surface area contributed by atoms with E-state index in [0.29, 0.717) is 21.9 Å². The Morgan fingerprint density at radius 1 is 0.949 bits per heavy atom. The second-order valence-corrected chi connectivity index (χ2v) is 10.9. The molecule has 4 aromatic rings. The number of rotatable bonds is 6. The zero-order valence-electron chi connectivity index (χ0n) is 21.4. The van der Waals surface area contributed by atoms with E-state index in [1.807, 2.05) is 4.57 Å². The molecule has 1 fully saturated rings. The van der Waals surface area contributed by atoms with Crippen LogP contribution < -0.4 is 4.74 Å². The van der Waals surface area contributed by atoms with Crippen molar-refractivity contribution < 1.29 is 22.3 Å². The minimum Gasteiger partial charge on any atom is -0.480 e. The van der Waals surface area contributed by atoms with Crippen LogP contribution in [0.25, 0.3) is 22.4 Å². The molecule has 1 heterocycles. The molecule has 1 aromatic heterocycles. The fourth-order valence-corrected chi connectivity index (χ4v) is 5.89. The fourth-order valence-electron chi connectivity index (χ4n) is 5.76. The molecule has 0 bridgehead atoms. The van der Waals surface area contributed by atoms with E-state index < -0.39 is 40.7 Å². The van der Waals surface area contributed by atoms with Crippen LogP contribution in [-0.2, 0) is 0 Å². The molecule has 0 saturated heterocycles. The van der Waals surface area contributed by atoms with Crippen LogP contribution in [0.2, 0.25) is 5.02 Å². The van der Waals surface area contributed by atoms with Gasteiger partial charge >= 0.3 is 0 Å². The highest BCUT2D eigenvalue weighted by Crippen LogP contribution is 2.45. The second-order valence-electron chi connectivity index (χ2n) is 10.5. The lowest BCUT2D eigenvalue weighted by molar-refractivity contribution is 0.00769. The summed E-state index contributed by atoms with van der Waals surface area (Å²) >= 11 is 6.12. The van der Waals surface area contributed by atoms with Gasteiger partial charge in [-0.25, -0.2) is 22.5 Å². The third kappa shape index (κ3) is 5.20. The highest BCUT2D eigenvalue weighted by molar-refractivity contribution is 6.30. The van der Waals surface area contributed by atoms with Crippen molar-refractivity contribution in [3.05, 3.63) is 82.4 Å². The molecule has 0 amide bonds. The van der Waals surface area contributed by atoms with Crippen LogP contribution >= 0.6 is 11.6 Å². The predicted octanol–water partition coefficient (Wildman–Crippen LogP) is 8.76. The highest BCUT2D eigenvalue weighted by Gasteiger charge is 2.42. The molecule has 1 aliphatic carbocycles. The zero-order valence-corrected chi connectivity index (χ0v) is 22.2. The molecule has 0 spiro atoms. The SMILES string of the molecule is CC(C)(Oc1c(F)cc(C#N)cc1F)C(C1CCCCC1)n1c(-c2ccc(Cl)cc2)nc2cc(F)c(F)cc21. The molecular weight excluding hydrogens is 530 g/mol. The Balaban J connectivity index is 1.74. The normalized spacial score (nSPS) is 15.3. The molecule has 4 nitrogen and oxygen atoms in total. The number of hydrogen-bond acceptors (Lipinski definition) is 3. The van der Waals surface area contributed by atoms with Crippen molar-refractivity contribution in [2.24, 2.45) is 5.92 Å². The standard InChI is InChI=1S/C30H26ClF4N3O/c1-30(2,39-27-23(34)12-17(16-36)13-24(27)35)28(18-6-4-3-5-7-18)38-26-15-22(33)21(32)14-25(26)37-29(38)19-8-10-20(31)11-9-19/h8-15,18,28H,3-7H2,1-2H3. The number of nitrogens with zero attached hydrogens (tertiary/aromatic N) is 3. The first-order chi connectivity index (χ1) is 18.6. The molecule has 9 heteroatoms. The van der Waals surface area contributed by atoms with Crippen molar-refractivity contribution >= 4 is 22.6 Å².